The number of carbonyl (C=O) groups excluding carboxylic acids is 1. The SMILES string of the molecule is COc1ccc(CC(=O)Nc2ccc(CCN3CCN(c4nsc5ccccc45)CC3)cc2)cc1. The zero-order valence-corrected chi connectivity index (χ0v) is 20.8. The predicted octanol–water partition coefficient (Wildman–Crippen LogP) is 4.85. The van der Waals surface area contributed by atoms with Gasteiger partial charge in [0.1, 0.15) is 11.6 Å². The number of nitrogens with zero attached hydrogens (tertiary/aromatic N) is 3. The van der Waals surface area contributed by atoms with Crippen molar-refractivity contribution in [3.8, 4) is 5.75 Å². The van der Waals surface area contributed by atoms with Gasteiger partial charge in [-0.2, -0.15) is 4.37 Å². The van der Waals surface area contributed by atoms with Gasteiger partial charge >= 0.3 is 0 Å². The van der Waals surface area contributed by atoms with Crippen molar-refractivity contribution in [1.82, 2.24) is 9.27 Å². The zero-order valence-electron chi connectivity index (χ0n) is 19.9. The lowest BCUT2D eigenvalue weighted by Gasteiger charge is -2.35. The molecule has 1 aliphatic rings. The number of carbonyl (C=O) groups is 1. The van der Waals surface area contributed by atoms with Crippen LogP contribution in [0, 0.1) is 0 Å². The second-order valence-electron chi connectivity index (χ2n) is 8.85. The van der Waals surface area contributed by atoms with Crippen molar-refractivity contribution in [2.45, 2.75) is 12.8 Å². The summed E-state index contributed by atoms with van der Waals surface area (Å²) in [5.41, 5.74) is 3.07. The minimum Gasteiger partial charge on any atom is -0.497 e. The maximum Gasteiger partial charge on any atom is 0.228 e. The molecule has 1 aromatic heterocycles. The van der Waals surface area contributed by atoms with E-state index in [0.29, 0.717) is 6.42 Å². The third-order valence-electron chi connectivity index (χ3n) is 6.51. The molecule has 5 rings (SSSR count). The summed E-state index contributed by atoms with van der Waals surface area (Å²) in [7, 11) is 1.64. The molecule has 7 heteroatoms. The Bertz CT molecular complexity index is 1260. The third kappa shape index (κ3) is 5.81. The van der Waals surface area contributed by atoms with Crippen LogP contribution >= 0.6 is 11.5 Å². The Balaban J connectivity index is 1.07. The maximum atomic E-state index is 12.4. The first kappa shape index (κ1) is 23.3. The number of anilines is 2. The summed E-state index contributed by atoms with van der Waals surface area (Å²) in [6.07, 6.45) is 1.34. The van der Waals surface area contributed by atoms with Crippen LogP contribution < -0.4 is 15.0 Å². The van der Waals surface area contributed by atoms with Crippen LogP contribution in [0.15, 0.2) is 72.8 Å². The summed E-state index contributed by atoms with van der Waals surface area (Å²) in [5, 5.41) is 4.26. The lowest BCUT2D eigenvalue weighted by Crippen LogP contribution is -2.47. The smallest absolute Gasteiger partial charge is 0.228 e. The number of methoxy groups -OCH3 is 1. The van der Waals surface area contributed by atoms with E-state index >= 15 is 0 Å². The first-order valence-corrected chi connectivity index (χ1v) is 12.8. The van der Waals surface area contributed by atoms with Crippen molar-refractivity contribution >= 4 is 39.0 Å². The molecule has 1 fully saturated rings. The van der Waals surface area contributed by atoms with Crippen molar-refractivity contribution in [2.24, 2.45) is 0 Å². The van der Waals surface area contributed by atoms with Crippen LogP contribution in [0.5, 0.6) is 5.75 Å². The van der Waals surface area contributed by atoms with Gasteiger partial charge in [0.25, 0.3) is 0 Å². The third-order valence-corrected chi connectivity index (χ3v) is 7.33. The molecule has 35 heavy (non-hydrogen) atoms. The van der Waals surface area contributed by atoms with Crippen LogP contribution in [-0.2, 0) is 17.6 Å². The van der Waals surface area contributed by atoms with Gasteiger partial charge < -0.3 is 15.0 Å². The Morgan fingerprint density at radius 2 is 1.66 bits per heavy atom. The fourth-order valence-electron chi connectivity index (χ4n) is 4.46. The minimum atomic E-state index is -0.0197. The van der Waals surface area contributed by atoms with Crippen molar-refractivity contribution in [1.29, 1.82) is 0 Å². The first-order valence-electron chi connectivity index (χ1n) is 12.0. The quantitative estimate of drug-likeness (QED) is 0.386. The van der Waals surface area contributed by atoms with Crippen LogP contribution in [0.4, 0.5) is 11.5 Å². The molecule has 0 atom stereocenters. The van der Waals surface area contributed by atoms with Crippen molar-refractivity contribution < 1.29 is 9.53 Å². The largest absolute Gasteiger partial charge is 0.497 e. The molecular weight excluding hydrogens is 456 g/mol. The van der Waals surface area contributed by atoms with E-state index in [1.807, 2.05) is 36.4 Å². The zero-order chi connectivity index (χ0) is 24.0. The molecule has 0 unspecified atom stereocenters. The molecule has 0 spiro atoms. The van der Waals surface area contributed by atoms with Crippen LogP contribution in [0.3, 0.4) is 0 Å². The molecule has 3 aromatic carbocycles. The predicted molar refractivity (Wildman–Crippen MR) is 144 cm³/mol. The number of hydrogen-bond acceptors (Lipinski definition) is 6. The van der Waals surface area contributed by atoms with E-state index in [1.165, 1.54) is 15.6 Å². The van der Waals surface area contributed by atoms with E-state index in [1.54, 1.807) is 18.6 Å². The topological polar surface area (TPSA) is 57.7 Å². The molecule has 0 bridgehead atoms. The average molecular weight is 487 g/mol. The Hall–Kier alpha value is -3.42. The number of piperazine rings is 1. The van der Waals surface area contributed by atoms with E-state index < -0.39 is 0 Å². The number of fused-ring (bicyclic) bond motifs is 1. The molecule has 6 nitrogen and oxygen atoms in total. The van der Waals surface area contributed by atoms with Crippen molar-refractivity contribution in [3.63, 3.8) is 0 Å². The van der Waals surface area contributed by atoms with Crippen LogP contribution in [-0.4, -0.2) is 55.0 Å². The lowest BCUT2D eigenvalue weighted by atomic mass is 10.1. The molecule has 0 saturated carbocycles. The molecule has 180 valence electrons. The Kier molecular flexibility index (Phi) is 7.25. The van der Waals surface area contributed by atoms with E-state index in [2.05, 4.69) is 51.5 Å². The molecule has 1 aliphatic heterocycles. The van der Waals surface area contributed by atoms with Crippen LogP contribution in [0.2, 0.25) is 0 Å². The molecule has 0 radical (unpaired) electrons. The number of aromatic nitrogens is 1. The first-order chi connectivity index (χ1) is 17.2. The van der Waals surface area contributed by atoms with Gasteiger partial charge in [-0.1, -0.05) is 36.4 Å². The van der Waals surface area contributed by atoms with Gasteiger partial charge in [-0.25, -0.2) is 0 Å². The van der Waals surface area contributed by atoms with E-state index in [0.717, 1.165) is 62.0 Å². The highest BCUT2D eigenvalue weighted by atomic mass is 32.1. The summed E-state index contributed by atoms with van der Waals surface area (Å²) in [6, 6.07) is 24.3. The molecule has 4 aromatic rings. The highest BCUT2D eigenvalue weighted by Crippen LogP contribution is 2.29. The van der Waals surface area contributed by atoms with E-state index in [4.69, 9.17) is 9.11 Å². The molecule has 1 amide bonds. The number of rotatable bonds is 8. The summed E-state index contributed by atoms with van der Waals surface area (Å²) in [6.45, 7) is 5.14. The van der Waals surface area contributed by atoms with E-state index in [-0.39, 0.29) is 5.91 Å². The summed E-state index contributed by atoms with van der Waals surface area (Å²) in [5.74, 6) is 1.91. The maximum absolute atomic E-state index is 12.4. The minimum absolute atomic E-state index is 0.0197. The summed E-state index contributed by atoms with van der Waals surface area (Å²) < 4.78 is 11.1. The number of hydrogen-bond donors (Lipinski definition) is 1. The Labute approximate surface area is 210 Å². The molecular formula is C28H30N4O2S. The average Bonchev–Trinajstić information content (AvgIpc) is 3.33. The monoisotopic (exact) mass is 486 g/mol. The van der Waals surface area contributed by atoms with Crippen molar-refractivity contribution in [2.75, 3.05) is 50.1 Å². The fraction of sp³-hybridized carbons (Fsp3) is 0.286. The number of nitrogens with one attached hydrogen (secondary N) is 1. The standard InChI is InChI=1S/C28H30N4O2S/c1-34-24-12-8-22(9-13-24)20-27(33)29-23-10-6-21(7-11-23)14-15-31-16-18-32(19-17-31)28-25-4-2-3-5-26(25)35-30-28/h2-13H,14-20H2,1H3,(H,29,33). The molecule has 1 N–H and O–H groups in total. The summed E-state index contributed by atoms with van der Waals surface area (Å²) >= 11 is 1.59. The second-order valence-corrected chi connectivity index (χ2v) is 9.66. The second kappa shape index (κ2) is 10.9. The molecule has 2 heterocycles. The van der Waals surface area contributed by atoms with E-state index in [9.17, 15) is 4.79 Å². The van der Waals surface area contributed by atoms with Gasteiger partial charge in [0, 0.05) is 43.8 Å². The molecule has 0 aliphatic carbocycles. The van der Waals surface area contributed by atoms with Gasteiger partial charge in [-0.3, -0.25) is 9.69 Å². The van der Waals surface area contributed by atoms with Crippen LogP contribution in [0.25, 0.3) is 10.1 Å². The Morgan fingerprint density at radius 1 is 0.943 bits per heavy atom. The van der Waals surface area contributed by atoms with Gasteiger partial charge in [-0.15, -0.1) is 0 Å². The van der Waals surface area contributed by atoms with Gasteiger partial charge in [0.2, 0.25) is 5.91 Å². The lowest BCUT2D eigenvalue weighted by molar-refractivity contribution is -0.115. The Morgan fingerprint density at radius 3 is 2.40 bits per heavy atom. The van der Waals surface area contributed by atoms with Gasteiger partial charge in [-0.05, 0) is 65.5 Å². The van der Waals surface area contributed by atoms with Gasteiger partial charge in [0.05, 0.1) is 18.2 Å². The summed E-state index contributed by atoms with van der Waals surface area (Å²) in [4.78, 5) is 17.3. The highest BCUT2D eigenvalue weighted by molar-refractivity contribution is 7.13. The van der Waals surface area contributed by atoms with Crippen LogP contribution in [0.1, 0.15) is 11.1 Å². The number of ether oxygens (including phenoxy) is 1. The normalized spacial score (nSPS) is 14.3. The number of amides is 1. The highest BCUT2D eigenvalue weighted by Gasteiger charge is 2.20. The number of benzene rings is 3. The fourth-order valence-corrected chi connectivity index (χ4v) is 5.26. The van der Waals surface area contributed by atoms with Crippen molar-refractivity contribution in [3.05, 3.63) is 83.9 Å². The molecule has 1 saturated heterocycles. The van der Waals surface area contributed by atoms with Gasteiger partial charge in [0.15, 0.2) is 0 Å².